The van der Waals surface area contributed by atoms with E-state index in [0.29, 0.717) is 0 Å². The Balaban J connectivity index is 4.60. The van der Waals surface area contributed by atoms with Crippen LogP contribution >= 0.6 is 0 Å². The number of hydrogen-bond acceptors (Lipinski definition) is 2. The summed E-state index contributed by atoms with van der Waals surface area (Å²) in [5.41, 5.74) is -1.51. The fraction of sp³-hybridized carbons (Fsp3) is 0.833. The van der Waals surface area contributed by atoms with E-state index in [0.717, 1.165) is 19.3 Å². The Morgan fingerprint density at radius 3 is 1.71 bits per heavy atom. The number of carboxylic acid groups (broad SMARTS) is 1. The van der Waals surface area contributed by atoms with Gasteiger partial charge in [-0.15, -0.1) is 0 Å². The van der Waals surface area contributed by atoms with Crippen LogP contribution in [0, 0.1) is 0 Å². The van der Waals surface area contributed by atoms with Crippen molar-refractivity contribution in [3.8, 4) is 0 Å². The van der Waals surface area contributed by atoms with E-state index in [4.69, 9.17) is 5.11 Å². The summed E-state index contributed by atoms with van der Waals surface area (Å²) in [6.45, 7) is 8.95. The number of aliphatic carboxylic acids is 1. The summed E-state index contributed by atoms with van der Waals surface area (Å²) in [5, 5.41) is 14.3. The summed E-state index contributed by atoms with van der Waals surface area (Å²) in [6, 6.07) is -0.428. The molecule has 0 unspecified atom stereocenters. The van der Waals surface area contributed by atoms with Crippen LogP contribution in [0.1, 0.15) is 53.9 Å². The van der Waals surface area contributed by atoms with Crippen molar-refractivity contribution in [2.75, 3.05) is 0 Å². The highest BCUT2D eigenvalue weighted by atomic mass is 16.4. The predicted octanol–water partition coefficient (Wildman–Crippen LogP) is 2.12. The third-order valence-corrected chi connectivity index (χ3v) is 3.37. The van der Waals surface area contributed by atoms with Crippen LogP contribution in [-0.2, 0) is 4.79 Å². The fourth-order valence-corrected chi connectivity index (χ4v) is 1.62. The highest BCUT2D eigenvalue weighted by molar-refractivity contribution is 5.85. The lowest BCUT2D eigenvalue weighted by atomic mass is 9.90. The van der Waals surface area contributed by atoms with Crippen molar-refractivity contribution in [2.24, 2.45) is 0 Å². The Labute approximate surface area is 103 Å². The topological polar surface area (TPSA) is 78.4 Å². The summed E-state index contributed by atoms with van der Waals surface area (Å²) in [6.07, 6.45) is 2.46. The molecule has 0 bridgehead atoms. The number of rotatable bonds is 6. The molecule has 0 atom stereocenters. The zero-order chi connectivity index (χ0) is 13.7. The van der Waals surface area contributed by atoms with Crippen LogP contribution < -0.4 is 10.6 Å². The predicted molar refractivity (Wildman–Crippen MR) is 67.0 cm³/mol. The van der Waals surface area contributed by atoms with Gasteiger partial charge in [-0.3, -0.25) is 0 Å². The second-order valence-corrected chi connectivity index (χ2v) is 4.85. The number of amides is 2. The molecule has 0 aliphatic rings. The van der Waals surface area contributed by atoms with Crippen LogP contribution in [0.2, 0.25) is 0 Å². The first-order valence-electron chi connectivity index (χ1n) is 6.06. The van der Waals surface area contributed by atoms with Gasteiger partial charge in [0.25, 0.3) is 0 Å². The molecular formula is C12H24N2O3. The summed E-state index contributed by atoms with van der Waals surface area (Å²) < 4.78 is 0. The summed E-state index contributed by atoms with van der Waals surface area (Å²) in [4.78, 5) is 22.7. The van der Waals surface area contributed by atoms with E-state index in [1.54, 1.807) is 0 Å². The van der Waals surface area contributed by atoms with Gasteiger partial charge < -0.3 is 15.7 Å². The molecule has 5 nitrogen and oxygen atoms in total. The Morgan fingerprint density at radius 2 is 1.41 bits per heavy atom. The molecule has 0 heterocycles. The molecule has 2 amide bonds. The molecule has 0 rings (SSSR count). The van der Waals surface area contributed by atoms with E-state index >= 15 is 0 Å². The van der Waals surface area contributed by atoms with Crippen LogP contribution in [0.5, 0.6) is 0 Å². The zero-order valence-corrected chi connectivity index (χ0v) is 11.4. The van der Waals surface area contributed by atoms with Gasteiger partial charge in [0.1, 0.15) is 5.54 Å². The molecular weight excluding hydrogens is 220 g/mol. The number of hydrogen-bond donors (Lipinski definition) is 3. The maximum atomic E-state index is 11.8. The van der Waals surface area contributed by atoms with Gasteiger partial charge in [-0.25, -0.2) is 9.59 Å². The molecule has 5 heteroatoms. The highest BCUT2D eigenvalue weighted by Gasteiger charge is 2.32. The van der Waals surface area contributed by atoms with Crippen molar-refractivity contribution in [1.29, 1.82) is 0 Å². The van der Waals surface area contributed by atoms with Crippen molar-refractivity contribution in [1.82, 2.24) is 10.6 Å². The lowest BCUT2D eigenvalue weighted by Crippen LogP contribution is -2.58. The molecule has 0 aliphatic heterocycles. The average Bonchev–Trinajstić information content (AvgIpc) is 2.25. The van der Waals surface area contributed by atoms with E-state index in [-0.39, 0.29) is 5.54 Å². The first-order valence-corrected chi connectivity index (χ1v) is 6.06. The van der Waals surface area contributed by atoms with Crippen molar-refractivity contribution >= 4 is 12.0 Å². The minimum atomic E-state index is -1.26. The Morgan fingerprint density at radius 1 is 1.00 bits per heavy atom. The molecule has 0 saturated heterocycles. The fourth-order valence-electron chi connectivity index (χ4n) is 1.62. The second kappa shape index (κ2) is 5.89. The van der Waals surface area contributed by atoms with Crippen molar-refractivity contribution in [3.05, 3.63) is 0 Å². The molecule has 0 aromatic heterocycles. The smallest absolute Gasteiger partial charge is 0.328 e. The number of carbonyl (C=O) groups is 2. The van der Waals surface area contributed by atoms with Crippen molar-refractivity contribution in [3.63, 3.8) is 0 Å². The molecule has 0 aromatic rings. The molecule has 0 spiro atoms. The van der Waals surface area contributed by atoms with Crippen LogP contribution in [0.15, 0.2) is 0 Å². The lowest BCUT2D eigenvalue weighted by Gasteiger charge is -2.33. The Hall–Kier alpha value is -1.26. The SMILES string of the molecule is CCC(CC)(CC)NC(=O)NC(C)(C)C(=O)O. The minimum absolute atomic E-state index is 0.251. The molecule has 17 heavy (non-hydrogen) atoms. The summed E-state index contributed by atoms with van der Waals surface area (Å²) in [5.74, 6) is -1.05. The molecule has 0 aromatic carbocycles. The molecule has 0 fully saturated rings. The average molecular weight is 244 g/mol. The van der Waals surface area contributed by atoms with Crippen molar-refractivity contribution < 1.29 is 14.7 Å². The normalized spacial score (nSPS) is 12.1. The van der Waals surface area contributed by atoms with E-state index in [1.807, 2.05) is 20.8 Å². The van der Waals surface area contributed by atoms with E-state index in [9.17, 15) is 9.59 Å². The second-order valence-electron chi connectivity index (χ2n) is 4.85. The maximum Gasteiger partial charge on any atom is 0.328 e. The molecule has 100 valence electrons. The van der Waals surface area contributed by atoms with Crippen LogP contribution in [0.4, 0.5) is 4.79 Å². The first-order chi connectivity index (χ1) is 7.73. The molecule has 0 saturated carbocycles. The Kier molecular flexibility index (Phi) is 5.45. The van der Waals surface area contributed by atoms with Gasteiger partial charge in [-0.05, 0) is 33.1 Å². The van der Waals surface area contributed by atoms with E-state index in [2.05, 4.69) is 10.6 Å². The highest BCUT2D eigenvalue weighted by Crippen LogP contribution is 2.19. The number of urea groups is 1. The maximum absolute atomic E-state index is 11.8. The van der Waals surface area contributed by atoms with Crippen molar-refractivity contribution in [2.45, 2.75) is 65.0 Å². The van der Waals surface area contributed by atoms with Crippen LogP contribution in [0.25, 0.3) is 0 Å². The van der Waals surface area contributed by atoms with Gasteiger partial charge in [0, 0.05) is 5.54 Å². The van der Waals surface area contributed by atoms with Gasteiger partial charge in [-0.1, -0.05) is 20.8 Å². The molecule has 0 radical (unpaired) electrons. The zero-order valence-electron chi connectivity index (χ0n) is 11.4. The summed E-state index contributed by atoms with van der Waals surface area (Å²) in [7, 11) is 0. The Bertz CT molecular complexity index is 275. The monoisotopic (exact) mass is 244 g/mol. The standard InChI is InChI=1S/C12H24N2O3/c1-6-12(7-2,8-3)14-10(17)13-11(4,5)9(15)16/h6-8H2,1-5H3,(H,15,16)(H2,13,14,17). The number of nitrogens with one attached hydrogen (secondary N) is 2. The number of carbonyl (C=O) groups excluding carboxylic acids is 1. The lowest BCUT2D eigenvalue weighted by molar-refractivity contribution is -0.142. The number of carboxylic acids is 1. The van der Waals surface area contributed by atoms with Crippen LogP contribution in [-0.4, -0.2) is 28.2 Å². The van der Waals surface area contributed by atoms with Gasteiger partial charge >= 0.3 is 12.0 Å². The minimum Gasteiger partial charge on any atom is -0.480 e. The molecule has 3 N–H and O–H groups in total. The quantitative estimate of drug-likeness (QED) is 0.669. The summed E-state index contributed by atoms with van der Waals surface area (Å²) >= 11 is 0. The van der Waals surface area contributed by atoms with Gasteiger partial charge in [0.05, 0.1) is 0 Å². The third-order valence-electron chi connectivity index (χ3n) is 3.37. The first kappa shape index (κ1) is 15.7. The van der Waals surface area contributed by atoms with Gasteiger partial charge in [0.15, 0.2) is 0 Å². The van der Waals surface area contributed by atoms with Gasteiger partial charge in [-0.2, -0.15) is 0 Å². The van der Waals surface area contributed by atoms with E-state index in [1.165, 1.54) is 13.8 Å². The third kappa shape index (κ3) is 4.24. The van der Waals surface area contributed by atoms with Crippen LogP contribution in [0.3, 0.4) is 0 Å². The largest absolute Gasteiger partial charge is 0.480 e. The van der Waals surface area contributed by atoms with E-state index < -0.39 is 17.5 Å². The molecule has 0 aliphatic carbocycles. The van der Waals surface area contributed by atoms with Gasteiger partial charge in [0.2, 0.25) is 0 Å².